The van der Waals surface area contributed by atoms with E-state index in [1.165, 1.54) is 0 Å². The van der Waals surface area contributed by atoms with Crippen molar-refractivity contribution in [3.63, 3.8) is 0 Å². The Hall–Kier alpha value is -3.02. The maximum Gasteiger partial charge on any atom is 0.511 e. The Balaban J connectivity index is 2.24. The van der Waals surface area contributed by atoms with Crippen LogP contribution in [-0.2, 0) is 11.3 Å². The third-order valence-electron chi connectivity index (χ3n) is 3.21. The molecule has 0 fully saturated rings. The molecule has 0 aliphatic rings. The van der Waals surface area contributed by atoms with E-state index in [0.717, 1.165) is 11.1 Å². The zero-order chi connectivity index (χ0) is 18.4. The monoisotopic (exact) mass is 343 g/mol. The van der Waals surface area contributed by atoms with Gasteiger partial charge in [-0.1, -0.05) is 42.5 Å². The van der Waals surface area contributed by atoms with E-state index < -0.39 is 17.8 Å². The van der Waals surface area contributed by atoms with Gasteiger partial charge in [0.15, 0.2) is 0 Å². The van der Waals surface area contributed by atoms with E-state index in [-0.39, 0.29) is 12.3 Å². The Morgan fingerprint density at radius 2 is 1.60 bits per heavy atom. The second-order valence-electron chi connectivity index (χ2n) is 6.38. The summed E-state index contributed by atoms with van der Waals surface area (Å²) in [5, 5.41) is 11.6. The summed E-state index contributed by atoms with van der Waals surface area (Å²) in [7, 11) is 0. The lowest BCUT2D eigenvalue weighted by molar-refractivity contribution is 0.0523. The van der Waals surface area contributed by atoms with Gasteiger partial charge in [0.2, 0.25) is 0 Å². The van der Waals surface area contributed by atoms with Gasteiger partial charge in [-0.2, -0.15) is 0 Å². The number of benzene rings is 2. The summed E-state index contributed by atoms with van der Waals surface area (Å²) in [6.07, 6.45) is -1.89. The quantitative estimate of drug-likeness (QED) is 0.633. The summed E-state index contributed by atoms with van der Waals surface area (Å²) in [5.41, 5.74) is 1.64. The molecular weight excluding hydrogens is 322 g/mol. The van der Waals surface area contributed by atoms with E-state index in [2.05, 4.69) is 5.32 Å². The number of hydrogen-bond acceptors (Lipinski definition) is 4. The molecule has 0 aliphatic heterocycles. The summed E-state index contributed by atoms with van der Waals surface area (Å²) >= 11 is 0. The van der Waals surface area contributed by atoms with Gasteiger partial charge in [0, 0.05) is 12.1 Å². The predicted octanol–water partition coefficient (Wildman–Crippen LogP) is 4.44. The van der Waals surface area contributed by atoms with Crippen LogP contribution in [0.25, 0.3) is 11.1 Å². The number of para-hydroxylation sites is 1. The van der Waals surface area contributed by atoms with Crippen molar-refractivity contribution >= 4 is 12.2 Å². The molecule has 0 unspecified atom stereocenters. The average molecular weight is 343 g/mol. The molecule has 0 aromatic heterocycles. The van der Waals surface area contributed by atoms with E-state index >= 15 is 0 Å². The van der Waals surface area contributed by atoms with Gasteiger partial charge in [0.25, 0.3) is 0 Å². The highest BCUT2D eigenvalue weighted by Crippen LogP contribution is 2.32. The molecule has 0 spiro atoms. The number of amides is 1. The fraction of sp³-hybridized carbons (Fsp3) is 0.263. The number of alkyl carbamates (subject to hydrolysis) is 1. The highest BCUT2D eigenvalue weighted by Gasteiger charge is 2.17. The van der Waals surface area contributed by atoms with Crippen LogP contribution in [0, 0.1) is 0 Å². The molecule has 0 aliphatic carbocycles. The molecule has 0 heterocycles. The zero-order valence-electron chi connectivity index (χ0n) is 14.4. The molecule has 0 bridgehead atoms. The minimum Gasteiger partial charge on any atom is -0.449 e. The van der Waals surface area contributed by atoms with E-state index in [0.29, 0.717) is 5.56 Å². The van der Waals surface area contributed by atoms with Crippen LogP contribution in [0.5, 0.6) is 5.75 Å². The van der Waals surface area contributed by atoms with Crippen molar-refractivity contribution in [3.8, 4) is 16.9 Å². The van der Waals surface area contributed by atoms with Gasteiger partial charge in [0.05, 0.1) is 0 Å². The Morgan fingerprint density at radius 1 is 1.00 bits per heavy atom. The smallest absolute Gasteiger partial charge is 0.449 e. The number of hydrogen-bond donors (Lipinski definition) is 2. The lowest BCUT2D eigenvalue weighted by atomic mass is 9.99. The summed E-state index contributed by atoms with van der Waals surface area (Å²) in [6.45, 7) is 5.62. The highest BCUT2D eigenvalue weighted by molar-refractivity contribution is 5.77. The number of carbonyl (C=O) groups is 2. The molecule has 2 N–H and O–H groups in total. The second kappa shape index (κ2) is 7.70. The Kier molecular flexibility index (Phi) is 5.64. The Labute approximate surface area is 146 Å². The highest BCUT2D eigenvalue weighted by atomic mass is 16.7. The van der Waals surface area contributed by atoms with Crippen molar-refractivity contribution in [3.05, 3.63) is 54.1 Å². The molecule has 132 valence electrons. The average Bonchev–Trinajstić information content (AvgIpc) is 2.52. The van der Waals surface area contributed by atoms with Crippen LogP contribution in [0.4, 0.5) is 9.59 Å². The third kappa shape index (κ3) is 5.53. The van der Waals surface area contributed by atoms with Gasteiger partial charge in [-0.25, -0.2) is 9.59 Å². The van der Waals surface area contributed by atoms with E-state index in [4.69, 9.17) is 14.6 Å². The first-order valence-electron chi connectivity index (χ1n) is 7.81. The van der Waals surface area contributed by atoms with Crippen LogP contribution in [0.2, 0.25) is 0 Å². The summed E-state index contributed by atoms with van der Waals surface area (Å²) < 4.78 is 10.1. The number of carboxylic acid groups (broad SMARTS) is 1. The summed E-state index contributed by atoms with van der Waals surface area (Å²) in [6, 6.07) is 14.2. The van der Waals surface area contributed by atoms with Crippen LogP contribution in [0.3, 0.4) is 0 Å². The van der Waals surface area contributed by atoms with Crippen LogP contribution in [-0.4, -0.2) is 23.0 Å². The minimum absolute atomic E-state index is 0.236. The first-order valence-corrected chi connectivity index (χ1v) is 7.81. The van der Waals surface area contributed by atoms with E-state index in [9.17, 15) is 9.59 Å². The van der Waals surface area contributed by atoms with Crippen molar-refractivity contribution in [2.45, 2.75) is 32.9 Å². The molecular formula is C19H21NO5. The Bertz CT molecular complexity index is 764. The maximum absolute atomic E-state index is 11.9. The molecule has 2 aromatic carbocycles. The van der Waals surface area contributed by atoms with Crippen LogP contribution in [0.1, 0.15) is 26.3 Å². The van der Waals surface area contributed by atoms with Crippen molar-refractivity contribution in [1.82, 2.24) is 5.32 Å². The SMILES string of the molecule is CC(C)(C)OC(=O)NCc1ccccc1-c1ccccc1OC(=O)O. The maximum atomic E-state index is 11.9. The molecule has 6 heteroatoms. The van der Waals surface area contributed by atoms with Gasteiger partial charge in [-0.3, -0.25) is 0 Å². The Morgan fingerprint density at radius 3 is 2.24 bits per heavy atom. The minimum atomic E-state index is -1.38. The zero-order valence-corrected chi connectivity index (χ0v) is 14.4. The molecule has 2 aromatic rings. The van der Waals surface area contributed by atoms with Gasteiger partial charge >= 0.3 is 12.2 Å². The van der Waals surface area contributed by atoms with Gasteiger partial charge in [0.1, 0.15) is 11.4 Å². The number of ether oxygens (including phenoxy) is 2. The molecule has 6 nitrogen and oxygen atoms in total. The van der Waals surface area contributed by atoms with Crippen molar-refractivity contribution in [1.29, 1.82) is 0 Å². The molecule has 25 heavy (non-hydrogen) atoms. The topological polar surface area (TPSA) is 84.9 Å². The first kappa shape index (κ1) is 18.3. The number of rotatable bonds is 4. The van der Waals surface area contributed by atoms with Gasteiger partial charge in [-0.05, 0) is 38.0 Å². The van der Waals surface area contributed by atoms with Crippen molar-refractivity contribution in [2.75, 3.05) is 0 Å². The van der Waals surface area contributed by atoms with E-state index in [1.54, 1.807) is 45.0 Å². The number of carbonyl (C=O) groups excluding carboxylic acids is 1. The lowest BCUT2D eigenvalue weighted by Crippen LogP contribution is -2.32. The van der Waals surface area contributed by atoms with Crippen LogP contribution < -0.4 is 10.1 Å². The van der Waals surface area contributed by atoms with Gasteiger partial charge in [-0.15, -0.1) is 0 Å². The standard InChI is InChI=1S/C19H21NO5/c1-19(2,3)25-17(21)20-12-13-8-4-5-9-14(13)15-10-6-7-11-16(15)24-18(22)23/h4-11H,12H2,1-3H3,(H,20,21)(H,22,23). The van der Waals surface area contributed by atoms with Crippen LogP contribution >= 0.6 is 0 Å². The van der Waals surface area contributed by atoms with Crippen LogP contribution in [0.15, 0.2) is 48.5 Å². The lowest BCUT2D eigenvalue weighted by Gasteiger charge is -2.20. The molecule has 2 rings (SSSR count). The number of nitrogens with one attached hydrogen (secondary N) is 1. The first-order chi connectivity index (χ1) is 11.8. The normalized spacial score (nSPS) is 10.8. The second-order valence-corrected chi connectivity index (χ2v) is 6.38. The van der Waals surface area contributed by atoms with Crippen molar-refractivity contribution < 1.29 is 24.2 Å². The molecule has 0 radical (unpaired) electrons. The molecule has 0 saturated heterocycles. The predicted molar refractivity (Wildman–Crippen MR) is 93.6 cm³/mol. The summed E-state index contributed by atoms with van der Waals surface area (Å²) in [5.74, 6) is 0.236. The van der Waals surface area contributed by atoms with E-state index in [1.807, 2.05) is 24.3 Å². The molecule has 1 amide bonds. The molecule has 0 atom stereocenters. The largest absolute Gasteiger partial charge is 0.511 e. The van der Waals surface area contributed by atoms with Gasteiger partial charge < -0.3 is 19.9 Å². The fourth-order valence-electron chi connectivity index (χ4n) is 2.29. The fourth-order valence-corrected chi connectivity index (χ4v) is 2.29. The third-order valence-corrected chi connectivity index (χ3v) is 3.21. The summed E-state index contributed by atoms with van der Waals surface area (Å²) in [4.78, 5) is 22.7. The molecule has 0 saturated carbocycles. The van der Waals surface area contributed by atoms with Crippen molar-refractivity contribution in [2.24, 2.45) is 0 Å².